The number of rotatable bonds is 6. The molecule has 3 unspecified atom stereocenters. The summed E-state index contributed by atoms with van der Waals surface area (Å²) in [6.07, 6.45) is 8.11. The number of nitrogens with one attached hydrogen (secondary N) is 4. The Morgan fingerprint density at radius 1 is 1.11 bits per heavy atom. The average molecular weight is 531 g/mol. The van der Waals surface area contributed by atoms with Gasteiger partial charge in [0.2, 0.25) is 5.91 Å². The van der Waals surface area contributed by atoms with Crippen molar-refractivity contribution >= 4 is 35.3 Å². The molecule has 9 nitrogen and oxygen atoms in total. The van der Waals surface area contributed by atoms with Gasteiger partial charge in [-0.2, -0.15) is 0 Å². The predicted octanol–water partition coefficient (Wildman–Crippen LogP) is 2.88. The van der Waals surface area contributed by atoms with Crippen LogP contribution in [0.5, 0.6) is 0 Å². The number of pyridine rings is 1. The first-order valence-electron chi connectivity index (χ1n) is 13.0. The maximum atomic E-state index is 13.6. The Morgan fingerprint density at radius 3 is 2.71 bits per heavy atom. The number of hydrogen-bond acceptors (Lipinski definition) is 6. The molecule has 196 valence electrons. The maximum absolute atomic E-state index is 13.6. The number of benzene rings is 1. The Labute approximate surface area is 225 Å². The normalized spacial score (nSPS) is 27.9. The molecule has 3 fully saturated rings. The van der Waals surface area contributed by atoms with E-state index in [9.17, 15) is 14.4 Å². The number of carbonyl (C=O) groups is 3. The summed E-state index contributed by atoms with van der Waals surface area (Å²) < 4.78 is 0. The van der Waals surface area contributed by atoms with Crippen molar-refractivity contribution in [1.82, 2.24) is 26.3 Å². The highest BCUT2D eigenvalue weighted by atomic mass is 32.2. The molecule has 4 N–H and O–H groups in total. The van der Waals surface area contributed by atoms with E-state index < -0.39 is 0 Å². The maximum Gasteiger partial charge on any atom is 0.326 e. The summed E-state index contributed by atoms with van der Waals surface area (Å²) in [6.45, 7) is 4.27. The number of anilines is 1. The number of piperidine rings is 1. The fourth-order valence-corrected chi connectivity index (χ4v) is 7.47. The van der Waals surface area contributed by atoms with E-state index in [2.05, 4.69) is 32.8 Å². The van der Waals surface area contributed by atoms with Gasteiger partial charge in [-0.1, -0.05) is 36.5 Å². The van der Waals surface area contributed by atoms with Crippen molar-refractivity contribution in [3.8, 4) is 11.1 Å². The van der Waals surface area contributed by atoms with Crippen molar-refractivity contribution in [1.29, 1.82) is 0 Å². The van der Waals surface area contributed by atoms with Gasteiger partial charge in [-0.3, -0.25) is 19.5 Å². The third kappa shape index (κ3) is 4.48. The summed E-state index contributed by atoms with van der Waals surface area (Å²) in [5, 5.41) is 12.7. The van der Waals surface area contributed by atoms with Gasteiger partial charge in [-0.05, 0) is 62.1 Å². The van der Waals surface area contributed by atoms with Crippen molar-refractivity contribution in [2.24, 2.45) is 5.92 Å². The molecule has 0 bridgehead atoms. The van der Waals surface area contributed by atoms with Crippen LogP contribution in [-0.2, 0) is 9.59 Å². The standard InChI is InChI=1S/C28H30N6O3S/c1-2-22(35)31-19-9-4-10-20(19)32-26(36)25-24-23-21(11-13-30-27(23)38-25)34(28(37)33-24)18-8-3-6-16(14-18)17-7-5-12-29-15-17/h2-3,5-8,12,14-15,19-21,23,27,30H,1,4,9-11,13H2,(H,31,35)(H,32,36)(H,33,37)/t19-,20+,21?,23?,27?/m0/s1. The first-order chi connectivity index (χ1) is 18.5. The molecule has 1 aliphatic carbocycles. The Kier molecular flexibility index (Phi) is 6.67. The lowest BCUT2D eigenvalue weighted by Gasteiger charge is -2.45. The van der Waals surface area contributed by atoms with E-state index in [-0.39, 0.29) is 47.3 Å². The van der Waals surface area contributed by atoms with Gasteiger partial charge in [0.15, 0.2) is 0 Å². The highest BCUT2D eigenvalue weighted by Gasteiger charge is 2.52. The first-order valence-corrected chi connectivity index (χ1v) is 13.9. The fourth-order valence-electron chi connectivity index (χ4n) is 6.07. The highest BCUT2D eigenvalue weighted by molar-refractivity contribution is 8.04. The SMILES string of the molecule is C=CC(=O)N[C@H]1CCC[C@H]1NC(=O)C1=C2NC(=O)N(c3cccc(-c4cccnc4)c3)C3CCNC(S1)C23. The van der Waals surface area contributed by atoms with Gasteiger partial charge < -0.3 is 21.3 Å². The van der Waals surface area contributed by atoms with E-state index in [1.165, 1.54) is 17.8 Å². The van der Waals surface area contributed by atoms with Crippen molar-refractivity contribution in [3.05, 3.63) is 72.0 Å². The molecule has 5 atom stereocenters. The predicted molar refractivity (Wildman–Crippen MR) is 147 cm³/mol. The van der Waals surface area contributed by atoms with Gasteiger partial charge in [0, 0.05) is 47.3 Å². The number of nitrogens with zero attached hydrogens (tertiary/aromatic N) is 2. The van der Waals surface area contributed by atoms with Gasteiger partial charge in [-0.15, -0.1) is 0 Å². The number of urea groups is 1. The summed E-state index contributed by atoms with van der Waals surface area (Å²) in [5.74, 6) is -0.468. The minimum atomic E-state index is -0.237. The van der Waals surface area contributed by atoms with Crippen molar-refractivity contribution in [2.45, 2.75) is 49.2 Å². The highest BCUT2D eigenvalue weighted by Crippen LogP contribution is 2.48. The number of hydrogen-bond donors (Lipinski definition) is 4. The number of aromatic nitrogens is 1. The topological polar surface area (TPSA) is 115 Å². The molecule has 0 radical (unpaired) electrons. The van der Waals surface area contributed by atoms with Gasteiger partial charge in [0.1, 0.15) is 0 Å². The minimum Gasteiger partial charge on any atom is -0.348 e. The molecular formula is C28H30N6O3S. The summed E-state index contributed by atoms with van der Waals surface area (Å²) in [6, 6.07) is 11.3. The number of carbonyl (C=O) groups excluding carboxylic acids is 3. The Hall–Kier alpha value is -3.63. The lowest BCUT2D eigenvalue weighted by atomic mass is 9.86. The van der Waals surface area contributed by atoms with Gasteiger partial charge in [-0.25, -0.2) is 4.79 Å². The molecule has 4 amide bonds. The smallest absolute Gasteiger partial charge is 0.326 e. The zero-order valence-electron chi connectivity index (χ0n) is 20.9. The second-order valence-electron chi connectivity index (χ2n) is 10.0. The fraction of sp³-hybridized carbons (Fsp3) is 0.357. The van der Waals surface area contributed by atoms with E-state index in [4.69, 9.17) is 0 Å². The second-order valence-corrected chi connectivity index (χ2v) is 11.2. The molecule has 38 heavy (non-hydrogen) atoms. The van der Waals surface area contributed by atoms with Crippen molar-refractivity contribution in [2.75, 3.05) is 11.4 Å². The molecule has 6 rings (SSSR count). The van der Waals surface area contributed by atoms with E-state index in [1.54, 1.807) is 6.20 Å². The average Bonchev–Trinajstić information content (AvgIpc) is 3.54. The molecule has 1 aromatic heterocycles. The quantitative estimate of drug-likeness (QED) is 0.427. The molecule has 1 saturated carbocycles. The zero-order chi connectivity index (χ0) is 26.2. The monoisotopic (exact) mass is 530 g/mol. The summed E-state index contributed by atoms with van der Waals surface area (Å²) in [5.41, 5.74) is 3.50. The third-order valence-corrected chi connectivity index (χ3v) is 9.17. The second kappa shape index (κ2) is 10.3. The van der Waals surface area contributed by atoms with Crippen LogP contribution in [0.2, 0.25) is 0 Å². The van der Waals surface area contributed by atoms with Crippen LogP contribution in [0.3, 0.4) is 0 Å². The molecule has 2 aromatic rings. The summed E-state index contributed by atoms with van der Waals surface area (Å²) in [7, 11) is 0. The van der Waals surface area contributed by atoms with Gasteiger partial charge in [0.25, 0.3) is 5.91 Å². The van der Waals surface area contributed by atoms with Crippen LogP contribution in [0, 0.1) is 5.92 Å². The number of thioether (sulfide) groups is 1. The van der Waals surface area contributed by atoms with Crippen molar-refractivity contribution < 1.29 is 14.4 Å². The van der Waals surface area contributed by atoms with Crippen LogP contribution in [-0.4, -0.2) is 52.9 Å². The van der Waals surface area contributed by atoms with Gasteiger partial charge in [0.05, 0.1) is 16.3 Å². The van der Waals surface area contributed by atoms with E-state index in [1.807, 2.05) is 47.5 Å². The lowest BCUT2D eigenvalue weighted by molar-refractivity contribution is -0.119. The largest absolute Gasteiger partial charge is 0.348 e. The van der Waals surface area contributed by atoms with Crippen LogP contribution in [0.25, 0.3) is 11.1 Å². The van der Waals surface area contributed by atoms with E-state index in [0.717, 1.165) is 49.0 Å². The zero-order valence-corrected chi connectivity index (χ0v) is 21.7. The first kappa shape index (κ1) is 24.7. The van der Waals surface area contributed by atoms with Crippen LogP contribution in [0.15, 0.2) is 72.0 Å². The summed E-state index contributed by atoms with van der Waals surface area (Å²) in [4.78, 5) is 45.5. The Balaban J connectivity index is 1.26. The third-order valence-electron chi connectivity index (χ3n) is 7.81. The molecule has 4 heterocycles. The van der Waals surface area contributed by atoms with Crippen LogP contribution >= 0.6 is 11.8 Å². The summed E-state index contributed by atoms with van der Waals surface area (Å²) >= 11 is 1.48. The van der Waals surface area contributed by atoms with Crippen LogP contribution in [0.1, 0.15) is 25.7 Å². The molecular weight excluding hydrogens is 500 g/mol. The Bertz CT molecular complexity index is 1310. The van der Waals surface area contributed by atoms with Gasteiger partial charge >= 0.3 is 6.03 Å². The van der Waals surface area contributed by atoms with Crippen LogP contribution in [0.4, 0.5) is 10.5 Å². The molecule has 0 spiro atoms. The lowest BCUT2D eigenvalue weighted by Crippen LogP contribution is -2.62. The van der Waals surface area contributed by atoms with E-state index >= 15 is 0 Å². The van der Waals surface area contributed by atoms with Crippen molar-refractivity contribution in [3.63, 3.8) is 0 Å². The molecule has 3 aliphatic heterocycles. The molecule has 2 saturated heterocycles. The molecule has 1 aromatic carbocycles. The van der Waals surface area contributed by atoms with E-state index in [0.29, 0.717) is 10.6 Å². The Morgan fingerprint density at radius 2 is 1.92 bits per heavy atom. The molecule has 10 heteroatoms. The van der Waals surface area contributed by atoms with Crippen LogP contribution < -0.4 is 26.2 Å². The molecule has 4 aliphatic rings. The number of amides is 4. The minimum absolute atomic E-state index is 0.00560.